The van der Waals surface area contributed by atoms with Gasteiger partial charge in [-0.25, -0.2) is 4.79 Å². The highest BCUT2D eigenvalue weighted by atomic mass is 35.5. The number of aliphatic carboxylic acids is 1. The Bertz CT molecular complexity index is 668. The zero-order valence-electron chi connectivity index (χ0n) is 15.2. The molecule has 1 aromatic carbocycles. The number of carboxylic acid groups (broad SMARTS) is 1. The molecule has 144 valence electrons. The van der Waals surface area contributed by atoms with Gasteiger partial charge >= 0.3 is 5.97 Å². The van der Waals surface area contributed by atoms with Gasteiger partial charge < -0.3 is 20.6 Å². The number of nitrogens with one attached hydrogen (secondary N) is 2. The van der Waals surface area contributed by atoms with Crippen LogP contribution in [0.3, 0.4) is 0 Å². The Hall–Kier alpha value is -1.35. The van der Waals surface area contributed by atoms with Crippen LogP contribution in [0.1, 0.15) is 24.2 Å². The number of halogens is 1. The zero-order chi connectivity index (χ0) is 19.9. The van der Waals surface area contributed by atoms with Crippen molar-refractivity contribution in [3.05, 3.63) is 34.9 Å². The number of likely N-dealkylation sites (N-methyl/N-ethyl adjacent to an activating group) is 1. The third kappa shape index (κ3) is 7.11. The molecule has 3 N–H and O–H groups in total. The number of thioether (sulfide) groups is 1. The summed E-state index contributed by atoms with van der Waals surface area (Å²) in [5.74, 6) is -1.68. The summed E-state index contributed by atoms with van der Waals surface area (Å²) < 4.78 is -0.389. The molecule has 1 atom stereocenters. The van der Waals surface area contributed by atoms with Gasteiger partial charge in [0.2, 0.25) is 0 Å². The van der Waals surface area contributed by atoms with Crippen LogP contribution in [-0.2, 0) is 4.79 Å². The largest absolute Gasteiger partial charge is 0.480 e. The molecule has 0 unspecified atom stereocenters. The van der Waals surface area contributed by atoms with Gasteiger partial charge in [0, 0.05) is 17.8 Å². The maximum absolute atomic E-state index is 12.4. The minimum absolute atomic E-state index is 0.230. The molecule has 0 aliphatic carbocycles. The monoisotopic (exact) mass is 417 g/mol. The van der Waals surface area contributed by atoms with Gasteiger partial charge in [-0.3, -0.25) is 4.79 Å². The lowest BCUT2D eigenvalue weighted by molar-refractivity contribution is -0.139. The summed E-state index contributed by atoms with van der Waals surface area (Å²) in [7, 11) is 3.90. The lowest BCUT2D eigenvalue weighted by Gasteiger charge is -2.31. The molecule has 26 heavy (non-hydrogen) atoms. The first-order valence-electron chi connectivity index (χ1n) is 7.94. The SMILES string of the molecule is CN(C)CCNC(=S)SC(C)(C)[C@H](NC(=O)c1ccccc1Cl)C(=O)O. The average Bonchev–Trinajstić information content (AvgIpc) is 2.51. The Balaban J connectivity index is 2.80. The van der Waals surface area contributed by atoms with Crippen LogP contribution in [0, 0.1) is 0 Å². The first-order chi connectivity index (χ1) is 12.0. The highest BCUT2D eigenvalue weighted by Crippen LogP contribution is 2.30. The highest BCUT2D eigenvalue weighted by molar-refractivity contribution is 8.23. The van der Waals surface area contributed by atoms with E-state index in [1.165, 1.54) is 11.8 Å². The molecular formula is C17H24ClN3O3S2. The van der Waals surface area contributed by atoms with Crippen molar-refractivity contribution in [2.24, 2.45) is 0 Å². The first kappa shape index (κ1) is 22.7. The van der Waals surface area contributed by atoms with Gasteiger partial charge in [0.1, 0.15) is 10.4 Å². The predicted octanol–water partition coefficient (Wildman–Crippen LogP) is 2.47. The van der Waals surface area contributed by atoms with E-state index in [0.717, 1.165) is 6.54 Å². The molecule has 0 saturated carbocycles. The average molecular weight is 418 g/mol. The number of thiocarbonyl (C=S) groups is 1. The number of carbonyl (C=O) groups is 2. The molecule has 0 spiro atoms. The molecule has 0 aromatic heterocycles. The van der Waals surface area contributed by atoms with E-state index in [1.54, 1.807) is 38.1 Å². The molecule has 0 aliphatic rings. The molecule has 0 aliphatic heterocycles. The van der Waals surface area contributed by atoms with Crippen LogP contribution in [-0.4, -0.2) is 64.2 Å². The van der Waals surface area contributed by atoms with Crippen LogP contribution in [0.2, 0.25) is 5.02 Å². The van der Waals surface area contributed by atoms with Crippen LogP contribution in [0.5, 0.6) is 0 Å². The van der Waals surface area contributed by atoms with Gasteiger partial charge in [-0.05, 0) is 40.1 Å². The normalized spacial score (nSPS) is 12.5. The Kier molecular flexibility index (Phi) is 8.82. The van der Waals surface area contributed by atoms with E-state index in [9.17, 15) is 14.7 Å². The number of amides is 1. The van der Waals surface area contributed by atoms with Gasteiger partial charge in [-0.2, -0.15) is 0 Å². The molecule has 9 heteroatoms. The molecule has 0 saturated heterocycles. The van der Waals surface area contributed by atoms with E-state index < -0.39 is 22.7 Å². The lowest BCUT2D eigenvalue weighted by Crippen LogP contribution is -2.53. The smallest absolute Gasteiger partial charge is 0.327 e. The van der Waals surface area contributed by atoms with Crippen molar-refractivity contribution in [2.75, 3.05) is 27.2 Å². The van der Waals surface area contributed by atoms with Crippen molar-refractivity contribution in [1.82, 2.24) is 15.5 Å². The predicted molar refractivity (Wildman–Crippen MR) is 111 cm³/mol. The van der Waals surface area contributed by atoms with Crippen LogP contribution >= 0.6 is 35.6 Å². The number of hydrogen-bond acceptors (Lipinski definition) is 5. The second-order valence-electron chi connectivity index (χ2n) is 6.45. The number of hydrogen-bond donors (Lipinski definition) is 3. The Morgan fingerprint density at radius 1 is 1.35 bits per heavy atom. The van der Waals surface area contributed by atoms with Gasteiger partial charge in [-0.1, -0.05) is 47.7 Å². The summed E-state index contributed by atoms with van der Waals surface area (Å²) >= 11 is 12.5. The van der Waals surface area contributed by atoms with Gasteiger partial charge in [-0.15, -0.1) is 0 Å². The van der Waals surface area contributed by atoms with Gasteiger partial charge in [0.05, 0.1) is 10.6 Å². The van der Waals surface area contributed by atoms with Crippen molar-refractivity contribution in [1.29, 1.82) is 0 Å². The molecule has 6 nitrogen and oxygen atoms in total. The Labute approximate surface area is 168 Å². The standard InChI is InChI=1S/C17H24ClN3O3S2/c1-17(2,26-16(25)19-9-10-21(3)4)13(15(23)24)20-14(22)11-7-5-6-8-12(11)18/h5-8,13H,9-10H2,1-4H3,(H,19,25)(H,20,22)(H,23,24)/t13-/m1/s1. The van der Waals surface area contributed by atoms with Crippen LogP contribution < -0.4 is 10.6 Å². The van der Waals surface area contributed by atoms with Gasteiger partial charge in [0.15, 0.2) is 0 Å². The fourth-order valence-electron chi connectivity index (χ4n) is 2.10. The summed E-state index contributed by atoms with van der Waals surface area (Å²) in [6, 6.07) is 5.34. The maximum Gasteiger partial charge on any atom is 0.327 e. The molecule has 0 bridgehead atoms. The Morgan fingerprint density at radius 3 is 2.50 bits per heavy atom. The summed E-state index contributed by atoms with van der Waals surface area (Å²) in [6.45, 7) is 4.90. The van der Waals surface area contributed by atoms with E-state index in [-0.39, 0.29) is 10.6 Å². The lowest BCUT2D eigenvalue weighted by atomic mass is 10.0. The summed E-state index contributed by atoms with van der Waals surface area (Å²) in [5, 5.41) is 15.5. The van der Waals surface area contributed by atoms with E-state index in [1.807, 2.05) is 19.0 Å². The summed E-state index contributed by atoms with van der Waals surface area (Å²) in [6.07, 6.45) is 0. The molecular weight excluding hydrogens is 394 g/mol. The Morgan fingerprint density at radius 2 is 1.96 bits per heavy atom. The van der Waals surface area contributed by atoms with Crippen molar-refractivity contribution in [3.63, 3.8) is 0 Å². The number of nitrogens with zero attached hydrogens (tertiary/aromatic N) is 1. The first-order valence-corrected chi connectivity index (χ1v) is 9.54. The number of carboxylic acids is 1. The molecule has 1 rings (SSSR count). The minimum Gasteiger partial charge on any atom is -0.480 e. The van der Waals surface area contributed by atoms with Crippen molar-refractivity contribution in [3.8, 4) is 0 Å². The third-order valence-electron chi connectivity index (χ3n) is 3.52. The molecule has 0 fully saturated rings. The fourth-order valence-corrected chi connectivity index (χ4v) is 4.00. The molecule has 0 radical (unpaired) electrons. The highest BCUT2D eigenvalue weighted by Gasteiger charge is 2.38. The zero-order valence-corrected chi connectivity index (χ0v) is 17.6. The maximum atomic E-state index is 12.4. The summed E-state index contributed by atoms with van der Waals surface area (Å²) in [5.41, 5.74) is 0.230. The van der Waals surface area contributed by atoms with Crippen molar-refractivity contribution < 1.29 is 14.7 Å². The molecule has 0 heterocycles. The quantitative estimate of drug-likeness (QED) is 0.560. The number of carbonyl (C=O) groups excluding carboxylic acids is 1. The fraction of sp³-hybridized carbons (Fsp3) is 0.471. The number of rotatable bonds is 8. The van der Waals surface area contributed by atoms with E-state index in [4.69, 9.17) is 23.8 Å². The van der Waals surface area contributed by atoms with Crippen LogP contribution in [0.15, 0.2) is 24.3 Å². The minimum atomic E-state index is -1.15. The second kappa shape index (κ2) is 10.1. The number of benzene rings is 1. The molecule has 1 amide bonds. The van der Waals surface area contributed by atoms with Crippen molar-refractivity contribution >= 4 is 51.8 Å². The van der Waals surface area contributed by atoms with Gasteiger partial charge in [0.25, 0.3) is 5.91 Å². The van der Waals surface area contributed by atoms with Crippen LogP contribution in [0.4, 0.5) is 0 Å². The van der Waals surface area contributed by atoms with Crippen LogP contribution in [0.25, 0.3) is 0 Å². The van der Waals surface area contributed by atoms with Crippen molar-refractivity contribution in [2.45, 2.75) is 24.6 Å². The second-order valence-corrected chi connectivity index (χ2v) is 9.19. The third-order valence-corrected chi connectivity index (χ3v) is 5.34. The van der Waals surface area contributed by atoms with E-state index in [0.29, 0.717) is 10.9 Å². The topological polar surface area (TPSA) is 81.7 Å². The molecule has 1 aromatic rings. The summed E-state index contributed by atoms with van der Waals surface area (Å²) in [4.78, 5) is 26.2. The van der Waals surface area contributed by atoms with E-state index in [2.05, 4.69) is 10.6 Å². The van der Waals surface area contributed by atoms with E-state index >= 15 is 0 Å².